The monoisotopic (exact) mass is 260 g/mol. The van der Waals surface area contributed by atoms with Gasteiger partial charge in [-0.2, -0.15) is 0 Å². The molecule has 0 aliphatic heterocycles. The number of halogens is 2. The molecule has 2 atom stereocenters. The molecule has 0 amide bonds. The van der Waals surface area contributed by atoms with Crippen molar-refractivity contribution in [2.45, 2.75) is 25.3 Å². The minimum atomic E-state index is -2.79. The average molecular weight is 260 g/mol. The summed E-state index contributed by atoms with van der Waals surface area (Å²) in [5.41, 5.74) is -1.22. The molecule has 2 N–H and O–H groups in total. The molecule has 1 heterocycles. The number of nitrogens with one attached hydrogen (secondary N) is 1. The van der Waals surface area contributed by atoms with Crippen LogP contribution < -0.4 is 11.2 Å². The summed E-state index contributed by atoms with van der Waals surface area (Å²) in [6.45, 7) is -0.226. The van der Waals surface area contributed by atoms with Crippen molar-refractivity contribution in [2.24, 2.45) is 11.8 Å². The van der Waals surface area contributed by atoms with Gasteiger partial charge in [-0.1, -0.05) is 0 Å². The first kappa shape index (κ1) is 12.9. The first-order valence-electron chi connectivity index (χ1n) is 5.75. The molecule has 18 heavy (non-hydrogen) atoms. The number of aromatic nitrogens is 2. The molecule has 7 heteroatoms. The first-order valence-corrected chi connectivity index (χ1v) is 5.75. The zero-order valence-electron chi connectivity index (χ0n) is 9.60. The van der Waals surface area contributed by atoms with E-state index in [2.05, 4.69) is 0 Å². The van der Waals surface area contributed by atoms with Crippen LogP contribution in [0.15, 0.2) is 21.9 Å². The summed E-state index contributed by atoms with van der Waals surface area (Å²) in [5, 5.41) is 8.62. The van der Waals surface area contributed by atoms with Gasteiger partial charge >= 0.3 is 5.69 Å². The lowest BCUT2D eigenvalue weighted by atomic mass is 10.2. The fraction of sp³-hybridized carbons (Fsp3) is 0.636. The molecule has 0 aromatic carbocycles. The molecule has 100 valence electrons. The zero-order valence-corrected chi connectivity index (χ0v) is 9.60. The number of aromatic amines is 1. The number of nitrogens with zero attached hydrogens (tertiary/aromatic N) is 1. The van der Waals surface area contributed by atoms with Crippen LogP contribution in [0.5, 0.6) is 0 Å². The van der Waals surface area contributed by atoms with Gasteiger partial charge in [0.25, 0.3) is 11.5 Å². The summed E-state index contributed by atoms with van der Waals surface area (Å²) in [6, 6.07) is 1.13. The third-order valence-electron chi connectivity index (χ3n) is 3.33. The molecule has 5 nitrogen and oxygen atoms in total. The highest BCUT2D eigenvalue weighted by Crippen LogP contribution is 2.58. The van der Waals surface area contributed by atoms with E-state index in [0.717, 1.165) is 10.6 Å². The normalized spacial score (nSPS) is 25.1. The lowest BCUT2D eigenvalue weighted by Gasteiger charge is -2.02. The van der Waals surface area contributed by atoms with Gasteiger partial charge in [0.2, 0.25) is 0 Å². The first-order chi connectivity index (χ1) is 8.46. The van der Waals surface area contributed by atoms with Gasteiger partial charge < -0.3 is 9.67 Å². The SMILES string of the molecule is O=c1ccn(C[C@@H]2[C@@H](CCCO)C2(F)F)c(=O)[nH]1. The molecule has 0 radical (unpaired) electrons. The van der Waals surface area contributed by atoms with Crippen LogP contribution >= 0.6 is 0 Å². The number of aliphatic hydroxyl groups is 1. The Labute approximate surface area is 101 Å². The molecule has 1 aromatic rings. The quantitative estimate of drug-likeness (QED) is 0.793. The Morgan fingerprint density at radius 1 is 1.39 bits per heavy atom. The number of rotatable bonds is 5. The molecule has 1 aliphatic carbocycles. The number of aliphatic hydroxyl groups excluding tert-OH is 1. The average Bonchev–Trinajstić information content (AvgIpc) is 2.81. The van der Waals surface area contributed by atoms with E-state index in [4.69, 9.17) is 5.11 Å². The molecule has 0 spiro atoms. The topological polar surface area (TPSA) is 75.1 Å². The highest BCUT2D eigenvalue weighted by atomic mass is 19.3. The zero-order chi connectivity index (χ0) is 13.3. The van der Waals surface area contributed by atoms with Gasteiger partial charge in [0.1, 0.15) is 0 Å². The van der Waals surface area contributed by atoms with Crippen LogP contribution in [0.2, 0.25) is 0 Å². The van der Waals surface area contributed by atoms with Crippen LogP contribution in [-0.4, -0.2) is 27.2 Å². The molecule has 0 saturated heterocycles. The van der Waals surface area contributed by atoms with Gasteiger partial charge in [-0.25, -0.2) is 13.6 Å². The van der Waals surface area contributed by atoms with E-state index in [1.54, 1.807) is 0 Å². The van der Waals surface area contributed by atoms with Gasteiger partial charge in [0, 0.05) is 37.3 Å². The van der Waals surface area contributed by atoms with Crippen LogP contribution in [0.4, 0.5) is 8.78 Å². The lowest BCUT2D eigenvalue weighted by Crippen LogP contribution is -2.29. The number of hydrogen-bond donors (Lipinski definition) is 2. The van der Waals surface area contributed by atoms with E-state index < -0.39 is 29.0 Å². The summed E-state index contributed by atoms with van der Waals surface area (Å²) < 4.78 is 27.9. The summed E-state index contributed by atoms with van der Waals surface area (Å²) >= 11 is 0. The molecule has 1 aromatic heterocycles. The van der Waals surface area contributed by atoms with Crippen LogP contribution in [0.3, 0.4) is 0 Å². The molecule has 0 unspecified atom stereocenters. The lowest BCUT2D eigenvalue weighted by molar-refractivity contribution is 0.0787. The van der Waals surface area contributed by atoms with Crippen LogP contribution in [-0.2, 0) is 6.54 Å². The highest BCUT2D eigenvalue weighted by Gasteiger charge is 2.67. The van der Waals surface area contributed by atoms with Crippen LogP contribution in [0.25, 0.3) is 0 Å². The minimum absolute atomic E-state index is 0.112. The predicted molar refractivity (Wildman–Crippen MR) is 59.6 cm³/mol. The standard InChI is InChI=1S/C11H14F2N2O3/c12-11(13)7(2-1-5-16)8(11)6-15-4-3-9(17)14-10(15)18/h3-4,7-8,16H,1-2,5-6H2,(H,14,17,18)/t7-,8-/m1/s1. The highest BCUT2D eigenvalue weighted by molar-refractivity contribution is 5.05. The van der Waals surface area contributed by atoms with E-state index in [0.29, 0.717) is 6.42 Å². The molecule has 1 aliphatic rings. The van der Waals surface area contributed by atoms with E-state index in [1.807, 2.05) is 4.98 Å². The molecular formula is C11H14F2N2O3. The summed E-state index contributed by atoms with van der Waals surface area (Å²) in [6.07, 6.45) is 1.79. The maximum Gasteiger partial charge on any atom is 0.328 e. The van der Waals surface area contributed by atoms with E-state index >= 15 is 0 Å². The minimum Gasteiger partial charge on any atom is -0.396 e. The summed E-state index contributed by atoms with van der Waals surface area (Å²) in [5.74, 6) is -4.47. The fourth-order valence-electron chi connectivity index (χ4n) is 2.21. The second kappa shape index (κ2) is 4.64. The summed E-state index contributed by atoms with van der Waals surface area (Å²) in [7, 11) is 0. The van der Waals surface area contributed by atoms with Gasteiger partial charge in [0.15, 0.2) is 0 Å². The third kappa shape index (κ3) is 2.35. The predicted octanol–water partition coefficient (Wildman–Crippen LogP) is 0.190. The Kier molecular flexibility index (Phi) is 3.34. The smallest absolute Gasteiger partial charge is 0.328 e. The maximum absolute atomic E-state index is 13.4. The fourth-order valence-corrected chi connectivity index (χ4v) is 2.21. The Morgan fingerprint density at radius 3 is 2.72 bits per heavy atom. The van der Waals surface area contributed by atoms with Gasteiger partial charge in [-0.3, -0.25) is 9.78 Å². The Balaban J connectivity index is 2.06. The van der Waals surface area contributed by atoms with Crippen LogP contribution in [0, 0.1) is 11.8 Å². The Morgan fingerprint density at radius 2 is 2.11 bits per heavy atom. The molecular weight excluding hydrogens is 246 g/mol. The maximum atomic E-state index is 13.4. The second-order valence-corrected chi connectivity index (χ2v) is 4.52. The van der Waals surface area contributed by atoms with Crippen molar-refractivity contribution in [3.8, 4) is 0 Å². The van der Waals surface area contributed by atoms with Crippen molar-refractivity contribution in [2.75, 3.05) is 6.61 Å². The number of alkyl halides is 2. The van der Waals surface area contributed by atoms with Crippen molar-refractivity contribution >= 4 is 0 Å². The van der Waals surface area contributed by atoms with Gasteiger partial charge in [-0.15, -0.1) is 0 Å². The number of hydrogen-bond acceptors (Lipinski definition) is 3. The number of H-pyrrole nitrogens is 1. The molecule has 2 rings (SSSR count). The Hall–Kier alpha value is -1.50. The largest absolute Gasteiger partial charge is 0.396 e. The Bertz CT molecular complexity index is 538. The van der Waals surface area contributed by atoms with E-state index in [1.165, 1.54) is 6.20 Å². The van der Waals surface area contributed by atoms with Gasteiger partial charge in [-0.05, 0) is 12.8 Å². The van der Waals surface area contributed by atoms with Crippen molar-refractivity contribution < 1.29 is 13.9 Å². The molecule has 0 bridgehead atoms. The van der Waals surface area contributed by atoms with Crippen LogP contribution in [0.1, 0.15) is 12.8 Å². The van der Waals surface area contributed by atoms with Crippen molar-refractivity contribution in [3.63, 3.8) is 0 Å². The second-order valence-electron chi connectivity index (χ2n) is 4.52. The van der Waals surface area contributed by atoms with Gasteiger partial charge in [0.05, 0.1) is 0 Å². The van der Waals surface area contributed by atoms with Crippen molar-refractivity contribution in [3.05, 3.63) is 33.1 Å². The molecule has 1 saturated carbocycles. The third-order valence-corrected chi connectivity index (χ3v) is 3.33. The molecule has 1 fully saturated rings. The van der Waals surface area contributed by atoms with E-state index in [-0.39, 0.29) is 19.6 Å². The van der Waals surface area contributed by atoms with Crippen molar-refractivity contribution in [1.82, 2.24) is 9.55 Å². The van der Waals surface area contributed by atoms with E-state index in [9.17, 15) is 18.4 Å². The summed E-state index contributed by atoms with van der Waals surface area (Å²) in [4.78, 5) is 24.2. The van der Waals surface area contributed by atoms with Crippen molar-refractivity contribution in [1.29, 1.82) is 0 Å².